The molecule has 0 spiro atoms. The summed E-state index contributed by atoms with van der Waals surface area (Å²) >= 11 is 7.27. The number of hydrogen-bond donors (Lipinski definition) is 2. The first-order valence-corrected chi connectivity index (χ1v) is 10.8. The Kier molecular flexibility index (Phi) is 6.99. The van der Waals surface area contributed by atoms with Gasteiger partial charge in [-0.15, -0.1) is 11.3 Å². The van der Waals surface area contributed by atoms with Gasteiger partial charge in [-0.1, -0.05) is 11.6 Å². The van der Waals surface area contributed by atoms with E-state index >= 15 is 0 Å². The van der Waals surface area contributed by atoms with Crippen LogP contribution in [0.25, 0.3) is 0 Å². The zero-order valence-corrected chi connectivity index (χ0v) is 18.3. The molecule has 0 saturated heterocycles. The van der Waals surface area contributed by atoms with Gasteiger partial charge in [0.25, 0.3) is 11.8 Å². The van der Waals surface area contributed by atoms with Crippen LogP contribution >= 0.6 is 22.9 Å². The number of ether oxygens (including phenoxy) is 2. The summed E-state index contributed by atoms with van der Waals surface area (Å²) in [5.41, 5.74) is 7.59. The lowest BCUT2D eigenvalue weighted by atomic mass is 9.95. The van der Waals surface area contributed by atoms with E-state index in [0.717, 1.165) is 41.7 Å². The number of hydrogen-bond acceptors (Lipinski definition) is 6. The summed E-state index contributed by atoms with van der Waals surface area (Å²) < 4.78 is 10.7. The second-order valence-corrected chi connectivity index (χ2v) is 8.65. The Labute approximate surface area is 183 Å². The van der Waals surface area contributed by atoms with E-state index < -0.39 is 30.5 Å². The van der Waals surface area contributed by atoms with Crippen molar-refractivity contribution in [2.24, 2.45) is 5.73 Å². The van der Waals surface area contributed by atoms with Crippen molar-refractivity contribution < 1.29 is 23.9 Å². The van der Waals surface area contributed by atoms with Crippen molar-refractivity contribution >= 4 is 45.7 Å². The third-order valence-corrected chi connectivity index (χ3v) is 6.23. The number of nitrogens with one attached hydrogen (secondary N) is 1. The molecule has 1 heterocycles. The van der Waals surface area contributed by atoms with Crippen molar-refractivity contribution in [2.75, 3.05) is 11.9 Å². The maximum absolute atomic E-state index is 12.3. The number of esters is 1. The van der Waals surface area contributed by atoms with Crippen molar-refractivity contribution in [1.82, 2.24) is 0 Å². The quantitative estimate of drug-likeness (QED) is 0.626. The van der Waals surface area contributed by atoms with E-state index in [1.54, 1.807) is 18.2 Å². The number of aryl methyl sites for hydroxylation is 2. The van der Waals surface area contributed by atoms with Crippen LogP contribution < -0.4 is 15.8 Å². The fourth-order valence-electron chi connectivity index (χ4n) is 3.31. The summed E-state index contributed by atoms with van der Waals surface area (Å²) in [5, 5.41) is 3.63. The standard InChI is InChI=1S/C21H23ClN2O5S/c1-11-9-13(22)7-8-15(11)29-12(2)21(27)28-10-17(25)24-20-18(19(23)26)14-5-3-4-6-16(14)30-20/h7-9,12H,3-6,10H2,1-2H3,(H2,23,26)(H,24,25). The van der Waals surface area contributed by atoms with Crippen LogP contribution in [0.15, 0.2) is 18.2 Å². The van der Waals surface area contributed by atoms with E-state index in [4.69, 9.17) is 26.8 Å². The molecule has 0 aliphatic heterocycles. The van der Waals surface area contributed by atoms with Crippen LogP contribution in [0.2, 0.25) is 5.02 Å². The Morgan fingerprint density at radius 3 is 2.70 bits per heavy atom. The third kappa shape index (κ3) is 5.12. The largest absolute Gasteiger partial charge is 0.479 e. The smallest absolute Gasteiger partial charge is 0.347 e. The van der Waals surface area contributed by atoms with E-state index in [9.17, 15) is 14.4 Å². The summed E-state index contributed by atoms with van der Waals surface area (Å²) in [4.78, 5) is 37.4. The van der Waals surface area contributed by atoms with Gasteiger partial charge in [0.05, 0.1) is 5.56 Å². The number of primary amides is 1. The first-order valence-electron chi connectivity index (χ1n) is 9.60. The van der Waals surface area contributed by atoms with Crippen LogP contribution in [0.1, 0.15) is 46.1 Å². The molecule has 1 aromatic heterocycles. The maximum Gasteiger partial charge on any atom is 0.347 e. The highest BCUT2D eigenvalue weighted by molar-refractivity contribution is 7.17. The number of thiophene rings is 1. The van der Waals surface area contributed by atoms with Crippen LogP contribution in [0.5, 0.6) is 5.75 Å². The summed E-state index contributed by atoms with van der Waals surface area (Å²) in [6, 6.07) is 5.05. The summed E-state index contributed by atoms with van der Waals surface area (Å²) in [5.74, 6) is -1.29. The van der Waals surface area contributed by atoms with Gasteiger partial charge in [-0.25, -0.2) is 4.79 Å². The number of anilines is 1. The number of benzene rings is 1. The topological polar surface area (TPSA) is 108 Å². The van der Waals surface area contributed by atoms with Gasteiger partial charge in [0.2, 0.25) is 0 Å². The van der Waals surface area contributed by atoms with E-state index in [0.29, 0.717) is 21.3 Å². The Morgan fingerprint density at radius 1 is 1.27 bits per heavy atom. The van der Waals surface area contributed by atoms with Crippen LogP contribution in [0.3, 0.4) is 0 Å². The van der Waals surface area contributed by atoms with Crippen LogP contribution in [0.4, 0.5) is 5.00 Å². The van der Waals surface area contributed by atoms with Gasteiger partial charge in [0.1, 0.15) is 10.8 Å². The van der Waals surface area contributed by atoms with Crippen molar-refractivity contribution in [3.05, 3.63) is 44.8 Å². The Bertz CT molecular complexity index is 988. The number of carbonyl (C=O) groups is 3. The summed E-state index contributed by atoms with van der Waals surface area (Å²) in [7, 11) is 0. The highest BCUT2D eigenvalue weighted by Gasteiger charge is 2.25. The van der Waals surface area contributed by atoms with Gasteiger partial charge in [-0.3, -0.25) is 9.59 Å². The van der Waals surface area contributed by atoms with Gasteiger partial charge < -0.3 is 20.5 Å². The molecule has 3 N–H and O–H groups in total. The molecule has 1 aliphatic rings. The summed E-state index contributed by atoms with van der Waals surface area (Å²) in [6.45, 7) is 2.85. The normalized spacial score (nSPS) is 13.8. The molecule has 2 aromatic rings. The average Bonchev–Trinajstić information content (AvgIpc) is 3.06. The molecular formula is C21H23ClN2O5S. The molecule has 0 saturated carbocycles. The monoisotopic (exact) mass is 450 g/mol. The van der Waals surface area contributed by atoms with E-state index in [2.05, 4.69) is 5.32 Å². The highest BCUT2D eigenvalue weighted by atomic mass is 35.5. The highest BCUT2D eigenvalue weighted by Crippen LogP contribution is 2.37. The molecule has 1 aliphatic carbocycles. The summed E-state index contributed by atoms with van der Waals surface area (Å²) in [6.07, 6.45) is 2.76. The first-order chi connectivity index (χ1) is 14.3. The molecule has 0 fully saturated rings. The lowest BCUT2D eigenvalue weighted by Gasteiger charge is -2.15. The number of amides is 2. The second kappa shape index (κ2) is 9.49. The molecule has 9 heteroatoms. The molecule has 0 bridgehead atoms. The van der Waals surface area contributed by atoms with Gasteiger partial charge in [-0.2, -0.15) is 0 Å². The molecule has 2 amide bonds. The van der Waals surface area contributed by atoms with Crippen LogP contribution in [-0.4, -0.2) is 30.5 Å². The zero-order chi connectivity index (χ0) is 21.8. The van der Waals surface area contributed by atoms with Crippen LogP contribution in [-0.2, 0) is 27.2 Å². The molecule has 160 valence electrons. The average molecular weight is 451 g/mol. The van der Waals surface area contributed by atoms with E-state index in [1.165, 1.54) is 18.3 Å². The van der Waals surface area contributed by atoms with Crippen molar-refractivity contribution in [3.8, 4) is 5.75 Å². The number of halogens is 1. The lowest BCUT2D eigenvalue weighted by molar-refractivity contribution is -0.153. The molecular weight excluding hydrogens is 428 g/mol. The molecule has 1 aromatic carbocycles. The molecule has 0 radical (unpaired) electrons. The maximum atomic E-state index is 12.3. The van der Waals surface area contributed by atoms with Gasteiger partial charge in [0, 0.05) is 9.90 Å². The predicted molar refractivity (Wildman–Crippen MR) is 115 cm³/mol. The van der Waals surface area contributed by atoms with Crippen molar-refractivity contribution in [2.45, 2.75) is 45.6 Å². The Morgan fingerprint density at radius 2 is 2.00 bits per heavy atom. The zero-order valence-electron chi connectivity index (χ0n) is 16.7. The minimum Gasteiger partial charge on any atom is -0.479 e. The van der Waals surface area contributed by atoms with E-state index in [-0.39, 0.29) is 0 Å². The number of carbonyl (C=O) groups excluding carboxylic acids is 3. The molecule has 3 rings (SSSR count). The number of rotatable bonds is 7. The number of fused-ring (bicyclic) bond motifs is 1. The van der Waals surface area contributed by atoms with E-state index in [1.807, 2.05) is 6.92 Å². The molecule has 1 unspecified atom stereocenters. The minimum absolute atomic E-state index is 0.365. The van der Waals surface area contributed by atoms with Crippen molar-refractivity contribution in [1.29, 1.82) is 0 Å². The predicted octanol–water partition coefficient (Wildman–Crippen LogP) is 3.64. The molecule has 30 heavy (non-hydrogen) atoms. The second-order valence-electron chi connectivity index (χ2n) is 7.11. The van der Waals surface area contributed by atoms with Crippen LogP contribution in [0, 0.1) is 6.92 Å². The molecule has 7 nitrogen and oxygen atoms in total. The van der Waals surface area contributed by atoms with Crippen molar-refractivity contribution in [3.63, 3.8) is 0 Å². The molecule has 1 atom stereocenters. The number of nitrogens with two attached hydrogens (primary N) is 1. The SMILES string of the molecule is Cc1cc(Cl)ccc1OC(C)C(=O)OCC(=O)Nc1sc2c(c1C(N)=O)CCCC2. The fraction of sp³-hybridized carbons (Fsp3) is 0.381. The van der Waals surface area contributed by atoms with Gasteiger partial charge in [0.15, 0.2) is 12.7 Å². The third-order valence-electron chi connectivity index (χ3n) is 4.79. The van der Waals surface area contributed by atoms with Gasteiger partial charge in [-0.05, 0) is 68.9 Å². The Balaban J connectivity index is 1.57. The lowest BCUT2D eigenvalue weighted by Crippen LogP contribution is -2.30. The fourth-order valence-corrected chi connectivity index (χ4v) is 4.85. The van der Waals surface area contributed by atoms with Gasteiger partial charge >= 0.3 is 5.97 Å². The first kappa shape index (κ1) is 22.1. The minimum atomic E-state index is -0.909. The Hall–Kier alpha value is -2.58.